The van der Waals surface area contributed by atoms with Crippen molar-refractivity contribution in [1.82, 2.24) is 9.78 Å². The molecule has 0 bridgehead atoms. The molecule has 3 aromatic carbocycles. The molecule has 1 N–H and O–H groups in total. The number of carbonyl (C=O) groups is 1. The van der Waals surface area contributed by atoms with Gasteiger partial charge in [0.25, 0.3) is 0 Å². The van der Waals surface area contributed by atoms with Crippen LogP contribution in [-0.4, -0.2) is 27.5 Å². The molecule has 0 unspecified atom stereocenters. The normalized spacial score (nSPS) is 10.8. The molecule has 4 aromatic rings. The fraction of sp³-hybridized carbons (Fsp3) is 0.0833. The first-order valence-corrected chi connectivity index (χ1v) is 9.89. The van der Waals surface area contributed by atoms with Gasteiger partial charge in [0.1, 0.15) is 11.6 Å². The Hall–Kier alpha value is -3.64. The summed E-state index contributed by atoms with van der Waals surface area (Å²) in [6.07, 6.45) is 0. The lowest BCUT2D eigenvalue weighted by molar-refractivity contribution is -0.139. The average Bonchev–Trinajstić information content (AvgIpc) is 3.17. The molecule has 0 aliphatic rings. The summed E-state index contributed by atoms with van der Waals surface area (Å²) in [6, 6.07) is 23.1. The average molecular weight is 437 g/mol. The van der Waals surface area contributed by atoms with Crippen LogP contribution in [0.4, 0.5) is 4.39 Å². The first kappa shape index (κ1) is 20.6. The summed E-state index contributed by atoms with van der Waals surface area (Å²) in [5, 5.41) is 14.3. The van der Waals surface area contributed by atoms with Crippen molar-refractivity contribution in [3.8, 4) is 28.3 Å². The van der Waals surface area contributed by atoms with Crippen LogP contribution in [0.25, 0.3) is 22.5 Å². The Morgan fingerprint density at radius 3 is 2.48 bits per heavy atom. The molecule has 1 aromatic heterocycles. The van der Waals surface area contributed by atoms with Gasteiger partial charge in [-0.1, -0.05) is 54.1 Å². The zero-order chi connectivity index (χ0) is 21.8. The summed E-state index contributed by atoms with van der Waals surface area (Å²) in [5.74, 6) is -1.55. The number of hydrogen-bond acceptors (Lipinski definition) is 3. The van der Waals surface area contributed by atoms with Gasteiger partial charge >= 0.3 is 5.97 Å². The summed E-state index contributed by atoms with van der Waals surface area (Å²) in [7, 11) is 0. The van der Waals surface area contributed by atoms with Gasteiger partial charge < -0.3 is 9.84 Å². The molecule has 0 saturated carbocycles. The molecule has 156 valence electrons. The molecule has 31 heavy (non-hydrogen) atoms. The molecule has 0 aliphatic heterocycles. The highest BCUT2D eigenvalue weighted by molar-refractivity contribution is 6.30. The van der Waals surface area contributed by atoms with E-state index in [1.165, 1.54) is 12.1 Å². The van der Waals surface area contributed by atoms with Gasteiger partial charge in [-0.15, -0.1) is 0 Å². The predicted molar refractivity (Wildman–Crippen MR) is 117 cm³/mol. The fourth-order valence-corrected chi connectivity index (χ4v) is 3.37. The predicted octanol–water partition coefficient (Wildman–Crippen LogP) is 5.52. The minimum Gasteiger partial charge on any atom is -0.481 e. The molecule has 0 spiro atoms. The zero-order valence-corrected chi connectivity index (χ0v) is 17.1. The van der Waals surface area contributed by atoms with E-state index in [-0.39, 0.29) is 5.75 Å². The van der Waals surface area contributed by atoms with Crippen molar-refractivity contribution in [2.45, 2.75) is 6.54 Å². The molecule has 0 atom stereocenters. The third kappa shape index (κ3) is 4.92. The quantitative estimate of drug-likeness (QED) is 0.414. The lowest BCUT2D eigenvalue weighted by Crippen LogP contribution is -2.10. The van der Waals surface area contributed by atoms with Crippen LogP contribution < -0.4 is 4.74 Å². The van der Waals surface area contributed by atoms with Crippen LogP contribution >= 0.6 is 11.6 Å². The molecule has 0 amide bonds. The van der Waals surface area contributed by atoms with Crippen molar-refractivity contribution in [3.05, 3.63) is 95.3 Å². The van der Waals surface area contributed by atoms with Crippen LogP contribution in [0.3, 0.4) is 0 Å². The molecule has 0 radical (unpaired) electrons. The minimum absolute atomic E-state index is 0.120. The van der Waals surface area contributed by atoms with Crippen LogP contribution in [-0.2, 0) is 11.3 Å². The highest BCUT2D eigenvalue weighted by atomic mass is 35.5. The van der Waals surface area contributed by atoms with E-state index in [1.807, 2.05) is 53.2 Å². The molecule has 4 rings (SSSR count). The summed E-state index contributed by atoms with van der Waals surface area (Å²) in [6.45, 7) is -0.0590. The Balaban J connectivity index is 1.80. The maximum Gasteiger partial charge on any atom is 0.341 e. The highest BCUT2D eigenvalue weighted by Crippen LogP contribution is 2.33. The molecule has 1 heterocycles. The van der Waals surface area contributed by atoms with Crippen molar-refractivity contribution < 1.29 is 19.0 Å². The van der Waals surface area contributed by atoms with Gasteiger partial charge in [0.15, 0.2) is 6.61 Å². The second-order valence-corrected chi connectivity index (χ2v) is 7.32. The number of hydrogen-bond donors (Lipinski definition) is 1. The highest BCUT2D eigenvalue weighted by Gasteiger charge is 2.17. The monoisotopic (exact) mass is 436 g/mol. The Labute approximate surface area is 183 Å². The van der Waals surface area contributed by atoms with E-state index in [0.717, 1.165) is 22.9 Å². The van der Waals surface area contributed by atoms with Gasteiger partial charge in [-0.25, -0.2) is 9.18 Å². The first-order chi connectivity index (χ1) is 15.0. The van der Waals surface area contributed by atoms with Gasteiger partial charge in [0, 0.05) is 16.7 Å². The lowest BCUT2D eigenvalue weighted by Gasteiger charge is -2.09. The van der Waals surface area contributed by atoms with Crippen molar-refractivity contribution in [2.24, 2.45) is 0 Å². The number of carboxylic acid groups (broad SMARTS) is 1. The van der Waals surface area contributed by atoms with E-state index in [9.17, 15) is 9.18 Å². The summed E-state index contributed by atoms with van der Waals surface area (Å²) >= 11 is 6.04. The Bertz CT molecular complexity index is 1210. The number of ether oxygens (including phenoxy) is 1. The van der Waals surface area contributed by atoms with E-state index in [0.29, 0.717) is 22.8 Å². The van der Waals surface area contributed by atoms with E-state index in [4.69, 9.17) is 26.5 Å². The number of nitrogens with zero attached hydrogens (tertiary/aromatic N) is 2. The number of rotatable bonds is 7. The maximum absolute atomic E-state index is 13.8. The third-order valence-electron chi connectivity index (χ3n) is 4.67. The van der Waals surface area contributed by atoms with E-state index < -0.39 is 18.4 Å². The Morgan fingerprint density at radius 1 is 1.03 bits per heavy atom. The third-order valence-corrected chi connectivity index (χ3v) is 4.92. The number of carboxylic acids is 1. The van der Waals surface area contributed by atoms with Crippen LogP contribution in [0.5, 0.6) is 5.75 Å². The van der Waals surface area contributed by atoms with Crippen LogP contribution in [0.2, 0.25) is 5.02 Å². The Morgan fingerprint density at radius 2 is 1.77 bits per heavy atom. The number of aromatic nitrogens is 2. The van der Waals surface area contributed by atoms with Crippen LogP contribution in [0.1, 0.15) is 5.56 Å². The molecule has 0 fully saturated rings. The smallest absolute Gasteiger partial charge is 0.341 e. The minimum atomic E-state index is -1.15. The van der Waals surface area contributed by atoms with Gasteiger partial charge in [-0.3, -0.25) is 4.68 Å². The van der Waals surface area contributed by atoms with E-state index >= 15 is 0 Å². The van der Waals surface area contributed by atoms with Crippen molar-refractivity contribution in [1.29, 1.82) is 0 Å². The molecule has 0 saturated heterocycles. The molecule has 5 nitrogen and oxygen atoms in total. The van der Waals surface area contributed by atoms with Crippen LogP contribution in [0, 0.1) is 5.82 Å². The summed E-state index contributed by atoms with van der Waals surface area (Å²) in [5.41, 5.74) is 3.86. The molecular formula is C24H18ClFN2O3. The lowest BCUT2D eigenvalue weighted by atomic mass is 10.1. The van der Waals surface area contributed by atoms with Gasteiger partial charge in [-0.2, -0.15) is 5.10 Å². The molecule has 0 aliphatic carbocycles. The topological polar surface area (TPSA) is 64.3 Å². The van der Waals surface area contributed by atoms with Gasteiger partial charge in [0.05, 0.1) is 17.9 Å². The van der Waals surface area contributed by atoms with E-state index in [2.05, 4.69) is 0 Å². The first-order valence-electron chi connectivity index (χ1n) is 9.52. The summed E-state index contributed by atoms with van der Waals surface area (Å²) < 4.78 is 21.0. The Kier molecular flexibility index (Phi) is 6.00. The van der Waals surface area contributed by atoms with Gasteiger partial charge in [0.2, 0.25) is 0 Å². The van der Waals surface area contributed by atoms with E-state index in [1.54, 1.807) is 12.1 Å². The second-order valence-electron chi connectivity index (χ2n) is 6.89. The van der Waals surface area contributed by atoms with Gasteiger partial charge in [-0.05, 0) is 41.5 Å². The van der Waals surface area contributed by atoms with Crippen molar-refractivity contribution in [3.63, 3.8) is 0 Å². The number of halogens is 2. The van der Waals surface area contributed by atoms with Crippen molar-refractivity contribution >= 4 is 17.6 Å². The standard InChI is InChI=1S/C24H18ClFN2O3/c25-18-8-6-17(7-9-18)22-13-21(27-28(22)14-16-4-2-1-3-5-16)20-11-10-19(26)12-23(20)31-15-24(29)30/h1-13H,14-15H2,(H,29,30). The maximum atomic E-state index is 13.8. The number of aliphatic carboxylic acids is 1. The fourth-order valence-electron chi connectivity index (χ4n) is 3.24. The zero-order valence-electron chi connectivity index (χ0n) is 16.3. The summed E-state index contributed by atoms with van der Waals surface area (Å²) in [4.78, 5) is 10.9. The largest absolute Gasteiger partial charge is 0.481 e. The molecular weight excluding hydrogens is 419 g/mol. The number of benzene rings is 3. The van der Waals surface area contributed by atoms with Crippen molar-refractivity contribution in [2.75, 3.05) is 6.61 Å². The van der Waals surface area contributed by atoms with Crippen LogP contribution in [0.15, 0.2) is 78.9 Å². The molecule has 7 heteroatoms. The second kappa shape index (κ2) is 9.02. The SMILES string of the molecule is O=C(O)COc1cc(F)ccc1-c1cc(-c2ccc(Cl)cc2)n(Cc2ccccc2)n1.